The topological polar surface area (TPSA) is 112 Å². The summed E-state index contributed by atoms with van der Waals surface area (Å²) in [7, 11) is -4.16. The molecular formula is C8H16N2O4S. The highest BCUT2D eigenvalue weighted by atomic mass is 32.2. The Balaban J connectivity index is 5.21. The molecule has 0 heterocycles. The quantitative estimate of drug-likeness (QED) is 0.509. The van der Waals surface area contributed by atoms with Crippen molar-refractivity contribution in [2.75, 3.05) is 0 Å². The van der Waals surface area contributed by atoms with Gasteiger partial charge in [0.15, 0.2) is 4.91 Å². The molecule has 0 aliphatic heterocycles. The van der Waals surface area contributed by atoms with E-state index in [4.69, 9.17) is 15.6 Å². The minimum absolute atomic E-state index is 0.188. The Kier molecular flexibility index (Phi) is 3.89. The lowest BCUT2D eigenvalue weighted by molar-refractivity contribution is -0.149. The normalized spacial score (nSPS) is 14.5. The summed E-state index contributed by atoms with van der Waals surface area (Å²) in [6.45, 7) is 6.09. The van der Waals surface area contributed by atoms with E-state index >= 15 is 0 Å². The molecule has 0 rings (SSSR count). The highest BCUT2D eigenvalue weighted by molar-refractivity contribution is 7.94. The summed E-state index contributed by atoms with van der Waals surface area (Å²) in [4.78, 5) is 10.7. The second-order valence-corrected chi connectivity index (χ2v) is 5.56. The van der Waals surface area contributed by atoms with E-state index in [0.717, 1.165) is 0 Å². The molecule has 0 saturated heterocycles. The average Bonchev–Trinajstić information content (AvgIpc) is 1.74. The maximum atomic E-state index is 11.4. The molecule has 0 spiro atoms. The van der Waals surface area contributed by atoms with E-state index in [2.05, 4.69) is 0 Å². The first kappa shape index (κ1) is 13.9. The first-order valence-electron chi connectivity index (χ1n) is 4.17. The van der Waals surface area contributed by atoms with Crippen LogP contribution in [0.5, 0.6) is 0 Å². The molecule has 7 heteroatoms. The number of rotatable bonds is 2. The molecule has 88 valence electrons. The van der Waals surface area contributed by atoms with Gasteiger partial charge in [-0.3, -0.25) is 0 Å². The molecule has 6 nitrogen and oxygen atoms in total. The predicted octanol–water partition coefficient (Wildman–Crippen LogP) is -0.193. The Morgan fingerprint density at radius 1 is 1.27 bits per heavy atom. The van der Waals surface area contributed by atoms with Crippen molar-refractivity contribution in [3.05, 3.63) is 10.6 Å². The zero-order valence-corrected chi connectivity index (χ0v) is 10.0. The molecule has 0 aromatic rings. The number of sulfonamides is 1. The zero-order chi connectivity index (χ0) is 12.4. The van der Waals surface area contributed by atoms with Gasteiger partial charge in [-0.15, -0.1) is 0 Å². The number of hydrogen-bond acceptors (Lipinski definition) is 5. The lowest BCUT2D eigenvalue weighted by Crippen LogP contribution is -2.31. The SMILES string of the molecule is C/C(N)=C(/C(=O)OC(C)(C)C)S(N)(=O)=O. The summed E-state index contributed by atoms with van der Waals surface area (Å²) in [5.41, 5.74) is 4.27. The number of allylic oxidation sites excluding steroid dienone is 1. The van der Waals surface area contributed by atoms with Crippen molar-refractivity contribution in [2.24, 2.45) is 10.9 Å². The van der Waals surface area contributed by atoms with E-state index in [1.165, 1.54) is 6.92 Å². The first-order chi connectivity index (χ1) is 6.45. The van der Waals surface area contributed by atoms with Crippen molar-refractivity contribution in [3.8, 4) is 0 Å². The van der Waals surface area contributed by atoms with Gasteiger partial charge >= 0.3 is 5.97 Å². The standard InChI is InChI=1S/C8H16N2O4S/c1-5(9)6(15(10,12)13)7(11)14-8(2,3)4/h9H2,1-4H3,(H2,10,12,13)/b6-5+. The summed E-state index contributed by atoms with van der Waals surface area (Å²) in [5, 5.41) is 4.83. The fourth-order valence-corrected chi connectivity index (χ4v) is 1.55. The molecule has 0 bridgehead atoms. The minimum atomic E-state index is -4.16. The molecule has 0 aliphatic carbocycles. The third-order valence-electron chi connectivity index (χ3n) is 1.23. The van der Waals surface area contributed by atoms with Crippen LogP contribution in [0.2, 0.25) is 0 Å². The number of ether oxygens (including phenoxy) is 1. The van der Waals surface area contributed by atoms with Gasteiger partial charge < -0.3 is 10.5 Å². The smallest absolute Gasteiger partial charge is 0.353 e. The number of carbonyl (C=O) groups is 1. The van der Waals surface area contributed by atoms with Gasteiger partial charge in [0.25, 0.3) is 0 Å². The minimum Gasteiger partial charge on any atom is -0.456 e. The van der Waals surface area contributed by atoms with Gasteiger partial charge in [-0.05, 0) is 27.7 Å². The Morgan fingerprint density at radius 3 is 1.87 bits per heavy atom. The first-order valence-corrected chi connectivity index (χ1v) is 5.72. The van der Waals surface area contributed by atoms with E-state index in [0.29, 0.717) is 0 Å². The maximum Gasteiger partial charge on any atom is 0.353 e. The zero-order valence-electron chi connectivity index (χ0n) is 9.20. The Labute approximate surface area is 89.3 Å². The number of nitrogens with two attached hydrogens (primary N) is 2. The van der Waals surface area contributed by atoms with Crippen LogP contribution in [0.15, 0.2) is 10.6 Å². The van der Waals surface area contributed by atoms with Gasteiger partial charge in [0.1, 0.15) is 5.60 Å². The molecule has 0 radical (unpaired) electrons. The van der Waals surface area contributed by atoms with Crippen LogP contribution in [0.25, 0.3) is 0 Å². The molecule has 0 aliphatic rings. The molecule has 0 amide bonds. The van der Waals surface area contributed by atoms with Gasteiger partial charge in [0.2, 0.25) is 10.0 Å². The third-order valence-corrected chi connectivity index (χ3v) is 2.28. The second kappa shape index (κ2) is 4.19. The maximum absolute atomic E-state index is 11.4. The molecule has 0 atom stereocenters. The number of carbonyl (C=O) groups excluding carboxylic acids is 1. The van der Waals surface area contributed by atoms with Crippen LogP contribution in [-0.4, -0.2) is 20.0 Å². The Morgan fingerprint density at radius 2 is 1.67 bits per heavy atom. The van der Waals surface area contributed by atoms with E-state index < -0.39 is 26.5 Å². The third kappa shape index (κ3) is 4.80. The fourth-order valence-electron chi connectivity index (χ4n) is 0.826. The number of primary sulfonamides is 1. The molecule has 0 aromatic carbocycles. The molecule has 0 fully saturated rings. The molecule has 0 aromatic heterocycles. The van der Waals surface area contributed by atoms with Crippen LogP contribution in [0.3, 0.4) is 0 Å². The van der Waals surface area contributed by atoms with E-state index in [9.17, 15) is 13.2 Å². The van der Waals surface area contributed by atoms with Crippen molar-refractivity contribution >= 4 is 16.0 Å². The van der Waals surface area contributed by atoms with Gasteiger partial charge in [-0.2, -0.15) is 0 Å². The summed E-state index contributed by atoms with van der Waals surface area (Å²) < 4.78 is 26.9. The van der Waals surface area contributed by atoms with E-state index in [1.807, 2.05) is 0 Å². The highest BCUT2D eigenvalue weighted by Crippen LogP contribution is 2.14. The summed E-state index contributed by atoms with van der Waals surface area (Å²) in [5.74, 6) is -1.04. The molecule has 0 unspecified atom stereocenters. The van der Waals surface area contributed by atoms with Gasteiger partial charge in [-0.1, -0.05) is 0 Å². The molecule has 15 heavy (non-hydrogen) atoms. The fraction of sp³-hybridized carbons (Fsp3) is 0.625. The lowest BCUT2D eigenvalue weighted by atomic mass is 10.2. The van der Waals surface area contributed by atoms with E-state index in [-0.39, 0.29) is 5.70 Å². The van der Waals surface area contributed by atoms with Crippen molar-refractivity contribution in [1.29, 1.82) is 0 Å². The lowest BCUT2D eigenvalue weighted by Gasteiger charge is -2.20. The summed E-state index contributed by atoms with van der Waals surface area (Å²) in [6, 6.07) is 0. The van der Waals surface area contributed by atoms with Crippen LogP contribution >= 0.6 is 0 Å². The highest BCUT2D eigenvalue weighted by Gasteiger charge is 2.28. The molecular weight excluding hydrogens is 220 g/mol. The van der Waals surface area contributed by atoms with Crippen LogP contribution in [0.1, 0.15) is 27.7 Å². The van der Waals surface area contributed by atoms with Gasteiger partial charge in [-0.25, -0.2) is 18.4 Å². The number of hydrogen-bond donors (Lipinski definition) is 2. The summed E-state index contributed by atoms with van der Waals surface area (Å²) in [6.07, 6.45) is 0. The summed E-state index contributed by atoms with van der Waals surface area (Å²) >= 11 is 0. The largest absolute Gasteiger partial charge is 0.456 e. The second-order valence-electron chi connectivity index (χ2n) is 4.06. The van der Waals surface area contributed by atoms with Crippen molar-refractivity contribution < 1.29 is 17.9 Å². The predicted molar refractivity (Wildman–Crippen MR) is 55.8 cm³/mol. The van der Waals surface area contributed by atoms with Crippen molar-refractivity contribution in [1.82, 2.24) is 0 Å². The van der Waals surface area contributed by atoms with Crippen LogP contribution in [-0.2, 0) is 19.6 Å². The van der Waals surface area contributed by atoms with E-state index in [1.54, 1.807) is 20.8 Å². The van der Waals surface area contributed by atoms with Crippen molar-refractivity contribution in [2.45, 2.75) is 33.3 Å². The molecule has 0 saturated carbocycles. The monoisotopic (exact) mass is 236 g/mol. The average molecular weight is 236 g/mol. The van der Waals surface area contributed by atoms with Crippen LogP contribution < -0.4 is 10.9 Å². The van der Waals surface area contributed by atoms with Crippen LogP contribution in [0.4, 0.5) is 0 Å². The Bertz CT molecular complexity index is 385. The van der Waals surface area contributed by atoms with Gasteiger partial charge in [0.05, 0.1) is 0 Å². The Hall–Kier alpha value is -1.08. The molecule has 4 N–H and O–H groups in total. The van der Waals surface area contributed by atoms with Gasteiger partial charge in [0, 0.05) is 5.70 Å². The van der Waals surface area contributed by atoms with Crippen LogP contribution in [0, 0.1) is 0 Å². The number of esters is 1. The van der Waals surface area contributed by atoms with Crippen molar-refractivity contribution in [3.63, 3.8) is 0 Å².